The third kappa shape index (κ3) is 4.68. The molecule has 11 heteroatoms. The maximum absolute atomic E-state index is 12.9. The Kier molecular flexibility index (Phi) is 5.48. The van der Waals surface area contributed by atoms with Crippen LogP contribution in [0.3, 0.4) is 0 Å². The Morgan fingerprint density at radius 2 is 1.81 bits per heavy atom. The van der Waals surface area contributed by atoms with E-state index in [1.165, 1.54) is 11.0 Å². The zero-order valence-corrected chi connectivity index (χ0v) is 13.8. The van der Waals surface area contributed by atoms with Gasteiger partial charge >= 0.3 is 0 Å². The van der Waals surface area contributed by atoms with Gasteiger partial charge in [0, 0.05) is 0 Å². The molecule has 0 spiro atoms. The van der Waals surface area contributed by atoms with Crippen LogP contribution in [0.15, 0.2) is 42.7 Å². The van der Waals surface area contributed by atoms with Gasteiger partial charge in [0.2, 0.25) is 11.9 Å². The molecule has 0 unspecified atom stereocenters. The zero-order chi connectivity index (χ0) is 19.4. The van der Waals surface area contributed by atoms with E-state index < -0.39 is 36.7 Å². The van der Waals surface area contributed by atoms with Gasteiger partial charge in [-0.05, 0) is 11.6 Å². The number of carbonyl (C=O) groups excluding carboxylic acids is 1. The van der Waals surface area contributed by atoms with Crippen LogP contribution in [0.4, 0.5) is 23.5 Å². The summed E-state index contributed by atoms with van der Waals surface area (Å²) >= 11 is 0. The number of nitrogens with one attached hydrogen (secondary N) is 1. The molecule has 142 valence electrons. The lowest BCUT2D eigenvalue weighted by Gasteiger charge is -2.06. The second kappa shape index (κ2) is 7.98. The van der Waals surface area contributed by atoms with Crippen LogP contribution >= 0.6 is 0 Å². The Morgan fingerprint density at radius 1 is 1.07 bits per heavy atom. The van der Waals surface area contributed by atoms with E-state index in [4.69, 9.17) is 0 Å². The Hall–Kier alpha value is -3.24. The van der Waals surface area contributed by atoms with Crippen LogP contribution in [0.25, 0.3) is 0 Å². The molecule has 2 heterocycles. The van der Waals surface area contributed by atoms with Crippen LogP contribution in [0.5, 0.6) is 0 Å². The number of nitrogens with zero attached hydrogens (tertiary/aromatic N) is 5. The largest absolute Gasteiger partial charge is 0.292 e. The number of carbonyl (C=O) groups is 1. The Labute approximate surface area is 150 Å². The van der Waals surface area contributed by atoms with Crippen LogP contribution in [-0.2, 0) is 17.9 Å². The lowest BCUT2D eigenvalue weighted by atomic mass is 10.2. The molecule has 0 aliphatic heterocycles. The summed E-state index contributed by atoms with van der Waals surface area (Å²) in [6.45, 7) is -0.240. The van der Waals surface area contributed by atoms with Gasteiger partial charge < -0.3 is 0 Å². The Bertz CT molecular complexity index is 909. The summed E-state index contributed by atoms with van der Waals surface area (Å²) in [7, 11) is 0. The van der Waals surface area contributed by atoms with Gasteiger partial charge in [-0.25, -0.2) is 27.2 Å². The van der Waals surface area contributed by atoms with Crippen molar-refractivity contribution in [3.63, 3.8) is 0 Å². The van der Waals surface area contributed by atoms with Gasteiger partial charge in [0.25, 0.3) is 12.9 Å². The molecule has 1 N–H and O–H groups in total. The van der Waals surface area contributed by atoms with Crippen molar-refractivity contribution >= 4 is 11.9 Å². The summed E-state index contributed by atoms with van der Waals surface area (Å²) in [4.78, 5) is 15.9. The topological polar surface area (TPSA) is 77.6 Å². The smallest absolute Gasteiger partial charge is 0.282 e. The molecule has 0 radical (unpaired) electrons. The molecule has 2 aromatic heterocycles. The number of amides is 1. The van der Waals surface area contributed by atoms with Crippen molar-refractivity contribution in [3.8, 4) is 0 Å². The van der Waals surface area contributed by atoms with Crippen molar-refractivity contribution in [2.75, 3.05) is 5.32 Å². The van der Waals surface area contributed by atoms with Crippen molar-refractivity contribution in [1.82, 2.24) is 24.5 Å². The predicted octanol–water partition coefficient (Wildman–Crippen LogP) is 3.04. The predicted molar refractivity (Wildman–Crippen MR) is 86.3 cm³/mol. The fourth-order valence-electron chi connectivity index (χ4n) is 2.36. The minimum Gasteiger partial charge on any atom is -0.292 e. The maximum Gasteiger partial charge on any atom is 0.282 e. The Balaban J connectivity index is 1.65. The standard InChI is InChI=1S/C16H14F4N6O/c17-14(18)11-6-12(15(19)20)26(23-11)8-13(27)22-16-21-9-25(24-16)7-10-4-2-1-3-5-10/h1-6,9,14-15H,7-8H2,(H,22,24,27). The number of hydrogen-bond acceptors (Lipinski definition) is 4. The highest BCUT2D eigenvalue weighted by molar-refractivity contribution is 5.88. The van der Waals surface area contributed by atoms with Crippen molar-refractivity contribution < 1.29 is 22.4 Å². The third-order valence-corrected chi connectivity index (χ3v) is 3.55. The van der Waals surface area contributed by atoms with Crippen molar-refractivity contribution in [1.29, 1.82) is 0 Å². The fourth-order valence-corrected chi connectivity index (χ4v) is 2.36. The normalized spacial score (nSPS) is 11.3. The molecule has 1 amide bonds. The second-order valence-corrected chi connectivity index (χ2v) is 5.55. The molecule has 0 aliphatic carbocycles. The molecule has 0 fully saturated rings. The molecule has 1 aromatic carbocycles. The summed E-state index contributed by atoms with van der Waals surface area (Å²) in [6.07, 6.45) is -4.65. The SMILES string of the molecule is O=C(Cn1nc(C(F)F)cc1C(F)F)Nc1ncn(Cc2ccccc2)n1. The molecule has 0 saturated heterocycles. The number of benzene rings is 1. The van der Waals surface area contributed by atoms with Gasteiger partial charge in [-0.1, -0.05) is 30.3 Å². The summed E-state index contributed by atoms with van der Waals surface area (Å²) in [5, 5.41) is 9.73. The zero-order valence-electron chi connectivity index (χ0n) is 13.8. The maximum atomic E-state index is 12.9. The van der Waals surface area contributed by atoms with E-state index in [1.807, 2.05) is 30.3 Å². The molecule has 27 heavy (non-hydrogen) atoms. The number of hydrogen-bond donors (Lipinski definition) is 1. The van der Waals surface area contributed by atoms with Crippen LogP contribution in [0.2, 0.25) is 0 Å². The highest BCUT2D eigenvalue weighted by Crippen LogP contribution is 2.25. The summed E-state index contributed by atoms with van der Waals surface area (Å²) in [6, 6.07) is 9.98. The van der Waals surface area contributed by atoms with Gasteiger partial charge in [-0.2, -0.15) is 5.10 Å². The monoisotopic (exact) mass is 382 g/mol. The Morgan fingerprint density at radius 3 is 2.48 bits per heavy atom. The van der Waals surface area contributed by atoms with E-state index in [0.717, 1.165) is 5.56 Å². The number of aromatic nitrogens is 5. The van der Waals surface area contributed by atoms with Crippen LogP contribution in [0.1, 0.15) is 29.8 Å². The molecular weight excluding hydrogens is 368 g/mol. The van der Waals surface area contributed by atoms with E-state index in [0.29, 0.717) is 17.3 Å². The van der Waals surface area contributed by atoms with Crippen molar-refractivity contribution in [2.24, 2.45) is 0 Å². The first-order chi connectivity index (χ1) is 12.9. The molecule has 7 nitrogen and oxygen atoms in total. The first-order valence-corrected chi connectivity index (χ1v) is 7.79. The van der Waals surface area contributed by atoms with E-state index in [-0.39, 0.29) is 5.95 Å². The van der Waals surface area contributed by atoms with Gasteiger partial charge in [0.15, 0.2) is 0 Å². The van der Waals surface area contributed by atoms with Gasteiger partial charge in [-0.15, -0.1) is 5.10 Å². The molecular formula is C16H14F4N6O. The summed E-state index contributed by atoms with van der Waals surface area (Å²) in [5.41, 5.74) is -0.607. The van der Waals surface area contributed by atoms with Crippen LogP contribution in [0, 0.1) is 0 Å². The molecule has 3 aromatic rings. The van der Waals surface area contributed by atoms with E-state index in [1.54, 1.807) is 0 Å². The minimum atomic E-state index is -3.04. The minimum absolute atomic E-state index is 0.0317. The number of halogens is 4. The molecule has 0 saturated carbocycles. The van der Waals surface area contributed by atoms with Gasteiger partial charge in [0.1, 0.15) is 24.3 Å². The van der Waals surface area contributed by atoms with Crippen molar-refractivity contribution in [3.05, 3.63) is 59.7 Å². The highest BCUT2D eigenvalue weighted by atomic mass is 19.3. The molecule has 3 rings (SSSR count). The third-order valence-electron chi connectivity index (χ3n) is 3.55. The van der Waals surface area contributed by atoms with Crippen molar-refractivity contribution in [2.45, 2.75) is 25.9 Å². The fraction of sp³-hybridized carbons (Fsp3) is 0.250. The van der Waals surface area contributed by atoms with E-state index in [9.17, 15) is 22.4 Å². The number of rotatable bonds is 7. The lowest BCUT2D eigenvalue weighted by molar-refractivity contribution is -0.117. The quantitative estimate of drug-likeness (QED) is 0.637. The first-order valence-electron chi connectivity index (χ1n) is 7.79. The summed E-state index contributed by atoms with van der Waals surface area (Å²) in [5.74, 6) is -0.797. The lowest BCUT2D eigenvalue weighted by Crippen LogP contribution is -2.22. The van der Waals surface area contributed by atoms with Crippen LogP contribution < -0.4 is 5.32 Å². The molecule has 0 aliphatic rings. The summed E-state index contributed by atoms with van der Waals surface area (Å²) < 4.78 is 53.2. The molecule has 0 bridgehead atoms. The van der Waals surface area contributed by atoms with E-state index >= 15 is 0 Å². The van der Waals surface area contributed by atoms with Gasteiger partial charge in [0.05, 0.1) is 6.54 Å². The van der Waals surface area contributed by atoms with Crippen LogP contribution in [-0.4, -0.2) is 30.5 Å². The highest BCUT2D eigenvalue weighted by Gasteiger charge is 2.22. The first kappa shape index (κ1) is 18.5. The van der Waals surface area contributed by atoms with Gasteiger partial charge in [-0.3, -0.25) is 14.8 Å². The second-order valence-electron chi connectivity index (χ2n) is 5.55. The average molecular weight is 382 g/mol. The average Bonchev–Trinajstić information content (AvgIpc) is 3.23. The molecule has 0 atom stereocenters. The number of alkyl halides is 4. The number of anilines is 1. The van der Waals surface area contributed by atoms with E-state index in [2.05, 4.69) is 20.5 Å².